The monoisotopic (exact) mass is 475 g/mol. The lowest BCUT2D eigenvalue weighted by molar-refractivity contribution is 0.0932. The third-order valence-corrected chi connectivity index (χ3v) is 6.07. The van der Waals surface area contributed by atoms with E-state index in [1.165, 1.54) is 16.8 Å². The lowest BCUT2D eigenvalue weighted by atomic mass is 10.0. The fourth-order valence-corrected chi connectivity index (χ4v) is 4.20. The average Bonchev–Trinajstić information content (AvgIpc) is 3.27. The minimum Gasteiger partial charge on any atom is -0.473 e. The number of nitrogen functional groups attached to an aromatic ring is 1. The Balaban J connectivity index is 1.76. The zero-order chi connectivity index (χ0) is 24.7. The second-order valence-corrected chi connectivity index (χ2v) is 8.67. The van der Waals surface area contributed by atoms with Gasteiger partial charge in [0.05, 0.1) is 30.5 Å². The van der Waals surface area contributed by atoms with Crippen molar-refractivity contribution in [2.24, 2.45) is 0 Å². The number of fused-ring (bicyclic) bond motifs is 2. The van der Waals surface area contributed by atoms with Crippen molar-refractivity contribution in [2.45, 2.75) is 39.3 Å². The van der Waals surface area contributed by atoms with Gasteiger partial charge >= 0.3 is 0 Å². The molecule has 1 aliphatic rings. The van der Waals surface area contributed by atoms with Crippen LogP contribution in [-0.2, 0) is 0 Å². The first-order chi connectivity index (χ1) is 16.9. The number of amides is 1. The van der Waals surface area contributed by atoms with Gasteiger partial charge in [0, 0.05) is 5.56 Å². The zero-order valence-electron chi connectivity index (χ0n) is 19.7. The number of hydrogen-bond acceptors (Lipinski definition) is 7. The second kappa shape index (κ2) is 8.86. The van der Waals surface area contributed by atoms with Crippen molar-refractivity contribution < 1.29 is 13.9 Å². The molecule has 0 unspecified atom stereocenters. The summed E-state index contributed by atoms with van der Waals surface area (Å²) in [7, 11) is 0. The minimum atomic E-state index is -0.474. The van der Waals surface area contributed by atoms with E-state index in [4.69, 9.17) is 15.5 Å². The van der Waals surface area contributed by atoms with E-state index in [1.807, 2.05) is 45.0 Å². The quantitative estimate of drug-likeness (QED) is 0.402. The Bertz CT molecular complexity index is 1420. The molecule has 9 nitrogen and oxygen atoms in total. The molecule has 0 spiro atoms. The van der Waals surface area contributed by atoms with Crippen LogP contribution < -0.4 is 21.1 Å². The third kappa shape index (κ3) is 4.11. The van der Waals surface area contributed by atoms with E-state index in [0.29, 0.717) is 40.7 Å². The van der Waals surface area contributed by atoms with E-state index in [0.717, 1.165) is 17.3 Å². The van der Waals surface area contributed by atoms with Crippen LogP contribution in [-0.4, -0.2) is 38.1 Å². The van der Waals surface area contributed by atoms with Crippen molar-refractivity contribution in [3.05, 3.63) is 65.2 Å². The number of nitrogens with two attached hydrogens (primary N) is 1. The van der Waals surface area contributed by atoms with Crippen LogP contribution in [0.25, 0.3) is 16.8 Å². The standard InChI is InChI=1S/C25H26FN7O2/c1-4-19-17-9-16(26)11-29-25(17)35-14(3)10-28-24(34)18-12-30-33-21(27)20(22(31-19)32-23(18)33)15-7-5-13(2)6-8-15/h5-9,11-12,14,19H,4,10,27H2,1-3H3,(H,28,34)(H,31,32)/t14-,19+/m0/s1. The molecule has 1 aromatic carbocycles. The summed E-state index contributed by atoms with van der Waals surface area (Å²) in [6.07, 6.45) is 2.74. The highest BCUT2D eigenvalue weighted by Gasteiger charge is 2.26. The van der Waals surface area contributed by atoms with Crippen LogP contribution in [0.4, 0.5) is 16.0 Å². The number of halogens is 1. The van der Waals surface area contributed by atoms with Gasteiger partial charge in [0.1, 0.15) is 29.1 Å². The van der Waals surface area contributed by atoms with E-state index < -0.39 is 18.0 Å². The molecule has 1 aliphatic heterocycles. The minimum absolute atomic E-state index is 0.211. The summed E-state index contributed by atoms with van der Waals surface area (Å²) in [4.78, 5) is 22.0. The average molecular weight is 476 g/mol. The molecule has 1 amide bonds. The maximum Gasteiger partial charge on any atom is 0.256 e. The summed E-state index contributed by atoms with van der Waals surface area (Å²) >= 11 is 0. The Morgan fingerprint density at radius 2 is 2.03 bits per heavy atom. The highest BCUT2D eigenvalue weighted by molar-refractivity contribution is 6.01. The van der Waals surface area contributed by atoms with Crippen LogP contribution >= 0.6 is 0 Å². The predicted octanol–water partition coefficient (Wildman–Crippen LogP) is 3.89. The SMILES string of the molecule is CC[C@H]1Nc2nc3c(cnn3c(N)c2-c2ccc(C)cc2)C(=O)NC[C@H](C)Oc2ncc(F)cc21. The molecule has 0 aliphatic carbocycles. The highest BCUT2D eigenvalue weighted by Crippen LogP contribution is 2.37. The Hall–Kier alpha value is -4.21. The summed E-state index contributed by atoms with van der Waals surface area (Å²) in [5.74, 6) is 0.239. The van der Waals surface area contributed by atoms with Gasteiger partial charge in [-0.1, -0.05) is 36.8 Å². The van der Waals surface area contributed by atoms with Crippen LogP contribution in [0.1, 0.15) is 47.8 Å². The van der Waals surface area contributed by atoms with Gasteiger partial charge in [0.15, 0.2) is 5.65 Å². The number of carbonyl (C=O) groups excluding carboxylic acids is 1. The van der Waals surface area contributed by atoms with Gasteiger partial charge in [-0.2, -0.15) is 9.61 Å². The molecule has 2 atom stereocenters. The van der Waals surface area contributed by atoms with Crippen LogP contribution in [0.2, 0.25) is 0 Å². The Morgan fingerprint density at radius 1 is 1.26 bits per heavy atom. The first-order valence-electron chi connectivity index (χ1n) is 11.5. The van der Waals surface area contributed by atoms with Crippen molar-refractivity contribution in [3.63, 3.8) is 0 Å². The van der Waals surface area contributed by atoms with E-state index >= 15 is 0 Å². The van der Waals surface area contributed by atoms with Crippen LogP contribution in [0.3, 0.4) is 0 Å². The van der Waals surface area contributed by atoms with Gasteiger partial charge in [0.25, 0.3) is 5.91 Å². The van der Waals surface area contributed by atoms with Crippen LogP contribution in [0.5, 0.6) is 5.88 Å². The summed E-state index contributed by atoms with van der Waals surface area (Å²) in [6.45, 7) is 5.99. The fraction of sp³-hybridized carbons (Fsp3) is 0.280. The normalized spacial score (nSPS) is 18.0. The number of nitrogens with zero attached hydrogens (tertiary/aromatic N) is 4. The number of benzene rings is 1. The van der Waals surface area contributed by atoms with Crippen molar-refractivity contribution in [2.75, 3.05) is 17.6 Å². The number of aryl methyl sites for hydroxylation is 1. The van der Waals surface area contributed by atoms with Gasteiger partial charge in [-0.05, 0) is 31.9 Å². The summed E-state index contributed by atoms with van der Waals surface area (Å²) in [6, 6.07) is 8.88. The van der Waals surface area contributed by atoms with Crippen molar-refractivity contribution in [1.82, 2.24) is 24.9 Å². The lowest BCUT2D eigenvalue weighted by Gasteiger charge is -2.24. The molecular weight excluding hydrogens is 449 g/mol. The Morgan fingerprint density at radius 3 is 2.77 bits per heavy atom. The van der Waals surface area contributed by atoms with Gasteiger partial charge < -0.3 is 21.1 Å². The molecule has 0 saturated heterocycles. The molecule has 4 N–H and O–H groups in total. The molecule has 2 bridgehead atoms. The number of carbonyl (C=O) groups is 1. The summed E-state index contributed by atoms with van der Waals surface area (Å²) < 4.78 is 21.8. The highest BCUT2D eigenvalue weighted by atomic mass is 19.1. The third-order valence-electron chi connectivity index (χ3n) is 6.07. The molecule has 3 aromatic heterocycles. The van der Waals surface area contributed by atoms with E-state index in [1.54, 1.807) is 0 Å². The topological polar surface area (TPSA) is 119 Å². The van der Waals surface area contributed by atoms with Crippen molar-refractivity contribution in [1.29, 1.82) is 0 Å². The molecule has 0 saturated carbocycles. The van der Waals surface area contributed by atoms with Gasteiger partial charge in [-0.3, -0.25) is 4.79 Å². The van der Waals surface area contributed by atoms with Gasteiger partial charge in [0.2, 0.25) is 5.88 Å². The van der Waals surface area contributed by atoms with Crippen LogP contribution in [0.15, 0.2) is 42.7 Å². The number of hydrogen-bond donors (Lipinski definition) is 3. The van der Waals surface area contributed by atoms with E-state index in [9.17, 15) is 9.18 Å². The maximum absolute atomic E-state index is 14.3. The molecule has 0 radical (unpaired) electrons. The number of nitrogens with one attached hydrogen (secondary N) is 2. The predicted molar refractivity (Wildman–Crippen MR) is 131 cm³/mol. The van der Waals surface area contributed by atoms with Crippen molar-refractivity contribution >= 4 is 23.2 Å². The number of aromatic nitrogens is 4. The first kappa shape index (κ1) is 22.6. The number of ether oxygens (including phenoxy) is 1. The second-order valence-electron chi connectivity index (χ2n) is 8.67. The molecule has 0 fully saturated rings. The molecule has 10 heteroatoms. The number of rotatable bonds is 2. The Kier molecular flexibility index (Phi) is 5.72. The van der Waals surface area contributed by atoms with Crippen molar-refractivity contribution in [3.8, 4) is 17.0 Å². The largest absolute Gasteiger partial charge is 0.473 e. The summed E-state index contributed by atoms with van der Waals surface area (Å²) in [5.41, 5.74) is 10.3. The molecular formula is C25H26FN7O2. The van der Waals surface area contributed by atoms with E-state index in [2.05, 4.69) is 20.7 Å². The summed E-state index contributed by atoms with van der Waals surface area (Å²) in [5, 5.41) is 10.6. The van der Waals surface area contributed by atoms with Crippen LogP contribution in [0, 0.1) is 12.7 Å². The number of pyridine rings is 1. The maximum atomic E-state index is 14.3. The van der Waals surface area contributed by atoms with Gasteiger partial charge in [-0.15, -0.1) is 0 Å². The van der Waals surface area contributed by atoms with Gasteiger partial charge in [-0.25, -0.2) is 14.4 Å². The Labute approximate surface area is 201 Å². The van der Waals surface area contributed by atoms with E-state index in [-0.39, 0.29) is 18.0 Å². The lowest BCUT2D eigenvalue weighted by Crippen LogP contribution is -2.34. The smallest absolute Gasteiger partial charge is 0.256 e. The number of anilines is 2. The first-order valence-corrected chi connectivity index (χ1v) is 11.5. The molecule has 4 aromatic rings. The zero-order valence-corrected chi connectivity index (χ0v) is 19.7. The molecule has 180 valence electrons. The molecule has 35 heavy (non-hydrogen) atoms. The molecule has 5 rings (SSSR count). The fourth-order valence-electron chi connectivity index (χ4n) is 4.20. The molecule has 4 heterocycles.